The standard InChI is InChI=1S/C24H19N5O/c1-24(2,14-25)29-22-18-11-15(17-10-16-6-4-5-7-19(16)26-12-17)8-9-20(18)27-13-21(22)28(3)23(29)30/h4-13H,1-3H3. The van der Waals surface area contributed by atoms with Crippen molar-refractivity contribution in [2.45, 2.75) is 19.4 Å². The van der Waals surface area contributed by atoms with E-state index in [1.165, 1.54) is 0 Å². The van der Waals surface area contributed by atoms with Gasteiger partial charge in [0.2, 0.25) is 0 Å². The number of rotatable bonds is 2. The molecular weight excluding hydrogens is 374 g/mol. The van der Waals surface area contributed by atoms with E-state index in [9.17, 15) is 10.1 Å². The van der Waals surface area contributed by atoms with Crippen LogP contribution < -0.4 is 5.69 Å². The molecule has 3 heterocycles. The average Bonchev–Trinajstić information content (AvgIpc) is 3.04. The van der Waals surface area contributed by atoms with Crippen LogP contribution >= 0.6 is 0 Å². The van der Waals surface area contributed by atoms with Crippen LogP contribution in [0.25, 0.3) is 44.0 Å². The van der Waals surface area contributed by atoms with Gasteiger partial charge in [0.05, 0.1) is 34.3 Å². The molecule has 0 bridgehead atoms. The summed E-state index contributed by atoms with van der Waals surface area (Å²) in [5.41, 5.74) is 3.87. The van der Waals surface area contributed by atoms with E-state index in [-0.39, 0.29) is 5.69 Å². The summed E-state index contributed by atoms with van der Waals surface area (Å²) in [6.07, 6.45) is 3.55. The van der Waals surface area contributed by atoms with Crippen LogP contribution in [0.15, 0.2) is 65.7 Å². The lowest BCUT2D eigenvalue weighted by atomic mass is 10.0. The maximum absolute atomic E-state index is 13.0. The van der Waals surface area contributed by atoms with Crippen molar-refractivity contribution in [1.82, 2.24) is 19.1 Å². The molecule has 0 aliphatic heterocycles. The van der Waals surface area contributed by atoms with E-state index in [1.54, 1.807) is 36.2 Å². The Hall–Kier alpha value is -3.98. The van der Waals surface area contributed by atoms with Gasteiger partial charge in [-0.25, -0.2) is 4.79 Å². The van der Waals surface area contributed by atoms with Gasteiger partial charge in [-0.1, -0.05) is 24.3 Å². The number of aryl methyl sites for hydroxylation is 1. The number of para-hydroxylation sites is 1. The van der Waals surface area contributed by atoms with Crippen LogP contribution in [-0.2, 0) is 12.6 Å². The Morgan fingerprint density at radius 3 is 2.53 bits per heavy atom. The first-order chi connectivity index (χ1) is 14.4. The maximum atomic E-state index is 13.0. The van der Waals surface area contributed by atoms with Gasteiger partial charge in [-0.15, -0.1) is 0 Å². The summed E-state index contributed by atoms with van der Waals surface area (Å²) in [6.45, 7) is 3.49. The van der Waals surface area contributed by atoms with Crippen LogP contribution in [0.2, 0.25) is 0 Å². The molecule has 6 heteroatoms. The van der Waals surface area contributed by atoms with Crippen molar-refractivity contribution in [3.05, 3.63) is 71.4 Å². The minimum Gasteiger partial charge on any atom is -0.293 e. The number of aromatic nitrogens is 4. The second kappa shape index (κ2) is 6.26. The van der Waals surface area contributed by atoms with Gasteiger partial charge in [0.25, 0.3) is 0 Å². The highest BCUT2D eigenvalue weighted by Crippen LogP contribution is 2.31. The number of pyridine rings is 2. The Kier molecular flexibility index (Phi) is 3.77. The van der Waals surface area contributed by atoms with Gasteiger partial charge in [-0.05, 0) is 43.7 Å². The third-order valence-electron chi connectivity index (χ3n) is 5.64. The van der Waals surface area contributed by atoms with E-state index in [4.69, 9.17) is 0 Å². The Bertz CT molecular complexity index is 1570. The fraction of sp³-hybridized carbons (Fsp3) is 0.167. The zero-order valence-corrected chi connectivity index (χ0v) is 16.9. The van der Waals surface area contributed by atoms with Gasteiger partial charge in [0.15, 0.2) is 0 Å². The summed E-state index contributed by atoms with van der Waals surface area (Å²) >= 11 is 0. The fourth-order valence-corrected chi connectivity index (χ4v) is 3.97. The van der Waals surface area contributed by atoms with Gasteiger partial charge in [0.1, 0.15) is 5.54 Å². The molecule has 0 N–H and O–H groups in total. The molecule has 146 valence electrons. The van der Waals surface area contributed by atoms with Crippen molar-refractivity contribution in [2.75, 3.05) is 0 Å². The van der Waals surface area contributed by atoms with Gasteiger partial charge in [-0.3, -0.25) is 19.1 Å². The molecule has 2 aromatic carbocycles. The smallest absolute Gasteiger partial charge is 0.293 e. The largest absolute Gasteiger partial charge is 0.330 e. The van der Waals surface area contributed by atoms with Crippen molar-refractivity contribution < 1.29 is 0 Å². The van der Waals surface area contributed by atoms with Crippen molar-refractivity contribution in [3.63, 3.8) is 0 Å². The van der Waals surface area contributed by atoms with Crippen molar-refractivity contribution in [2.24, 2.45) is 7.05 Å². The molecule has 0 amide bonds. The summed E-state index contributed by atoms with van der Waals surface area (Å²) in [7, 11) is 1.71. The molecule has 0 atom stereocenters. The summed E-state index contributed by atoms with van der Waals surface area (Å²) < 4.78 is 3.11. The number of nitriles is 1. The summed E-state index contributed by atoms with van der Waals surface area (Å²) in [5.74, 6) is 0. The topological polar surface area (TPSA) is 76.5 Å². The average molecular weight is 393 g/mol. The normalized spacial score (nSPS) is 11.9. The predicted octanol–water partition coefficient (Wildman–Crippen LogP) is 4.36. The number of nitrogens with zero attached hydrogens (tertiary/aromatic N) is 5. The lowest BCUT2D eigenvalue weighted by molar-refractivity contribution is 0.461. The first-order valence-corrected chi connectivity index (χ1v) is 9.68. The highest BCUT2D eigenvalue weighted by atomic mass is 16.1. The number of hydrogen-bond acceptors (Lipinski definition) is 4. The second-order valence-electron chi connectivity index (χ2n) is 7.99. The number of imidazole rings is 1. The molecule has 0 fully saturated rings. The number of hydrogen-bond donors (Lipinski definition) is 0. The molecule has 5 aromatic rings. The predicted molar refractivity (Wildman–Crippen MR) is 118 cm³/mol. The summed E-state index contributed by atoms with van der Waals surface area (Å²) in [4.78, 5) is 22.1. The molecular formula is C24H19N5O. The molecule has 0 aliphatic carbocycles. The van der Waals surface area contributed by atoms with E-state index in [0.717, 1.165) is 38.4 Å². The Balaban J connectivity index is 1.85. The number of fused-ring (bicyclic) bond motifs is 4. The van der Waals surface area contributed by atoms with Crippen LogP contribution in [0.1, 0.15) is 13.8 Å². The fourth-order valence-electron chi connectivity index (χ4n) is 3.97. The zero-order chi connectivity index (χ0) is 21.0. The Morgan fingerprint density at radius 1 is 0.967 bits per heavy atom. The highest BCUT2D eigenvalue weighted by Gasteiger charge is 2.27. The van der Waals surface area contributed by atoms with Gasteiger partial charge in [-0.2, -0.15) is 5.26 Å². The van der Waals surface area contributed by atoms with Crippen LogP contribution in [0.4, 0.5) is 0 Å². The Labute approximate surface area is 172 Å². The van der Waals surface area contributed by atoms with E-state index in [1.807, 2.05) is 48.7 Å². The van der Waals surface area contributed by atoms with Gasteiger partial charge < -0.3 is 0 Å². The zero-order valence-electron chi connectivity index (χ0n) is 16.9. The minimum atomic E-state index is -0.995. The third-order valence-corrected chi connectivity index (χ3v) is 5.64. The van der Waals surface area contributed by atoms with E-state index in [0.29, 0.717) is 5.52 Å². The molecule has 30 heavy (non-hydrogen) atoms. The van der Waals surface area contributed by atoms with Gasteiger partial charge in [0, 0.05) is 29.6 Å². The SMILES string of the molecule is Cn1c(=O)n(C(C)(C)C#N)c2c3cc(-c4cnc5ccccc5c4)ccc3ncc21. The summed E-state index contributed by atoms with van der Waals surface area (Å²) in [5, 5.41) is 11.6. The molecule has 0 radical (unpaired) electrons. The molecule has 0 spiro atoms. The maximum Gasteiger partial charge on any atom is 0.330 e. The van der Waals surface area contributed by atoms with E-state index < -0.39 is 5.54 Å². The second-order valence-corrected chi connectivity index (χ2v) is 7.99. The van der Waals surface area contributed by atoms with Gasteiger partial charge >= 0.3 is 5.69 Å². The van der Waals surface area contributed by atoms with E-state index >= 15 is 0 Å². The highest BCUT2D eigenvalue weighted by molar-refractivity contribution is 6.04. The summed E-state index contributed by atoms with van der Waals surface area (Å²) in [6, 6.07) is 18.3. The molecule has 0 saturated carbocycles. The van der Waals surface area contributed by atoms with Crippen LogP contribution in [0.3, 0.4) is 0 Å². The number of benzene rings is 2. The molecule has 3 aromatic heterocycles. The van der Waals surface area contributed by atoms with Crippen LogP contribution in [0.5, 0.6) is 0 Å². The van der Waals surface area contributed by atoms with E-state index in [2.05, 4.69) is 22.1 Å². The lowest BCUT2D eigenvalue weighted by Gasteiger charge is -2.18. The molecule has 0 aliphatic rings. The molecule has 6 nitrogen and oxygen atoms in total. The van der Waals surface area contributed by atoms with Crippen LogP contribution in [0, 0.1) is 11.3 Å². The molecule has 0 unspecified atom stereocenters. The van der Waals surface area contributed by atoms with Crippen molar-refractivity contribution >= 4 is 32.8 Å². The van der Waals surface area contributed by atoms with Crippen molar-refractivity contribution in [1.29, 1.82) is 5.26 Å². The molecule has 5 rings (SSSR count). The monoisotopic (exact) mass is 393 g/mol. The first-order valence-electron chi connectivity index (χ1n) is 9.68. The minimum absolute atomic E-state index is 0.233. The van der Waals surface area contributed by atoms with Crippen LogP contribution in [-0.4, -0.2) is 19.1 Å². The third kappa shape index (κ3) is 2.52. The molecule has 0 saturated heterocycles. The lowest BCUT2D eigenvalue weighted by Crippen LogP contribution is -2.35. The van der Waals surface area contributed by atoms with Crippen molar-refractivity contribution in [3.8, 4) is 17.2 Å². The Morgan fingerprint density at radius 2 is 1.73 bits per heavy atom. The quantitative estimate of drug-likeness (QED) is 0.446. The first kappa shape index (κ1) is 18.1.